The van der Waals surface area contributed by atoms with E-state index in [9.17, 15) is 0 Å². The first-order valence-electron chi connectivity index (χ1n) is 4.40. The van der Waals surface area contributed by atoms with Crippen molar-refractivity contribution in [2.75, 3.05) is 7.11 Å². The van der Waals surface area contributed by atoms with Crippen molar-refractivity contribution in [3.8, 4) is 5.75 Å². The monoisotopic (exact) mass is 177 g/mol. The molecule has 0 amide bonds. The van der Waals surface area contributed by atoms with Gasteiger partial charge in [-0.3, -0.25) is 4.99 Å². The summed E-state index contributed by atoms with van der Waals surface area (Å²) in [7, 11) is 1.66. The predicted molar refractivity (Wildman–Crippen MR) is 56.0 cm³/mol. The van der Waals surface area contributed by atoms with Crippen LogP contribution in [0.5, 0.6) is 5.75 Å². The highest BCUT2D eigenvalue weighted by Gasteiger charge is 1.91. The third-order valence-electron chi connectivity index (χ3n) is 1.59. The average molecular weight is 177 g/mol. The van der Waals surface area contributed by atoms with Gasteiger partial charge in [-0.15, -0.1) is 0 Å². The van der Waals surface area contributed by atoms with E-state index >= 15 is 0 Å². The van der Waals surface area contributed by atoms with Crippen LogP contribution in [0.3, 0.4) is 0 Å². The van der Waals surface area contributed by atoms with Crippen LogP contribution in [0, 0.1) is 5.92 Å². The third kappa shape index (κ3) is 3.28. The molecule has 0 saturated heterocycles. The molecule has 0 unspecified atom stereocenters. The molecule has 0 aliphatic carbocycles. The van der Waals surface area contributed by atoms with Gasteiger partial charge in [0.2, 0.25) is 0 Å². The first-order chi connectivity index (χ1) is 6.22. The second-order valence-corrected chi connectivity index (χ2v) is 3.22. The van der Waals surface area contributed by atoms with Crippen LogP contribution in [0.4, 0.5) is 5.69 Å². The van der Waals surface area contributed by atoms with Gasteiger partial charge in [-0.2, -0.15) is 0 Å². The van der Waals surface area contributed by atoms with Gasteiger partial charge in [0.25, 0.3) is 0 Å². The smallest absolute Gasteiger partial charge is 0.119 e. The Morgan fingerprint density at radius 3 is 2.31 bits per heavy atom. The van der Waals surface area contributed by atoms with Crippen molar-refractivity contribution in [2.24, 2.45) is 10.9 Å². The van der Waals surface area contributed by atoms with Crippen LogP contribution in [0.2, 0.25) is 0 Å². The molecule has 70 valence electrons. The topological polar surface area (TPSA) is 21.6 Å². The molecular formula is C11H15NO. The summed E-state index contributed by atoms with van der Waals surface area (Å²) in [6, 6.07) is 7.70. The van der Waals surface area contributed by atoms with E-state index in [0.717, 1.165) is 11.4 Å². The molecule has 0 fully saturated rings. The highest BCUT2D eigenvalue weighted by atomic mass is 16.5. The van der Waals surface area contributed by atoms with Crippen LogP contribution in [0.1, 0.15) is 13.8 Å². The molecule has 0 aliphatic heterocycles. The van der Waals surface area contributed by atoms with E-state index in [1.807, 2.05) is 30.5 Å². The molecule has 1 aromatic carbocycles. The fourth-order valence-corrected chi connectivity index (χ4v) is 0.903. The Balaban J connectivity index is 2.69. The molecule has 0 bridgehead atoms. The molecule has 2 heteroatoms. The quantitative estimate of drug-likeness (QED) is 0.650. The zero-order valence-corrected chi connectivity index (χ0v) is 8.32. The number of rotatable bonds is 3. The first-order valence-corrected chi connectivity index (χ1v) is 4.40. The summed E-state index contributed by atoms with van der Waals surface area (Å²) in [6.45, 7) is 4.21. The predicted octanol–water partition coefficient (Wildman–Crippen LogP) is 3.05. The van der Waals surface area contributed by atoms with Crippen molar-refractivity contribution in [2.45, 2.75) is 13.8 Å². The molecule has 0 spiro atoms. The standard InChI is InChI=1S/C11H15NO/c1-9(2)8-12-10-4-6-11(13-3)7-5-10/h4-9H,1-3H3/b12-8+. The third-order valence-corrected chi connectivity index (χ3v) is 1.59. The van der Waals surface area contributed by atoms with Crippen molar-refractivity contribution >= 4 is 11.9 Å². The highest BCUT2D eigenvalue weighted by Crippen LogP contribution is 2.17. The van der Waals surface area contributed by atoms with Crippen LogP contribution in [-0.4, -0.2) is 13.3 Å². The number of ether oxygens (including phenoxy) is 1. The minimum Gasteiger partial charge on any atom is -0.497 e. The lowest BCUT2D eigenvalue weighted by Crippen LogP contribution is -1.85. The van der Waals surface area contributed by atoms with Gasteiger partial charge < -0.3 is 4.74 Å². The zero-order valence-electron chi connectivity index (χ0n) is 8.32. The maximum atomic E-state index is 5.04. The van der Waals surface area contributed by atoms with E-state index in [4.69, 9.17) is 4.74 Å². The van der Waals surface area contributed by atoms with Gasteiger partial charge in [0.15, 0.2) is 0 Å². The molecule has 0 aromatic heterocycles. The molecule has 13 heavy (non-hydrogen) atoms. The van der Waals surface area contributed by atoms with E-state index in [-0.39, 0.29) is 0 Å². The normalized spacial score (nSPS) is 11.1. The van der Waals surface area contributed by atoms with Crippen molar-refractivity contribution in [1.82, 2.24) is 0 Å². The Hall–Kier alpha value is -1.31. The van der Waals surface area contributed by atoms with E-state index in [1.54, 1.807) is 7.11 Å². The van der Waals surface area contributed by atoms with Crippen molar-refractivity contribution in [3.63, 3.8) is 0 Å². The van der Waals surface area contributed by atoms with E-state index < -0.39 is 0 Å². The fraction of sp³-hybridized carbons (Fsp3) is 0.364. The molecule has 0 N–H and O–H groups in total. The Labute approximate surface area is 79.3 Å². The van der Waals surface area contributed by atoms with Gasteiger partial charge in [-0.25, -0.2) is 0 Å². The summed E-state index contributed by atoms with van der Waals surface area (Å²) in [5, 5.41) is 0. The van der Waals surface area contributed by atoms with E-state index in [2.05, 4.69) is 18.8 Å². The highest BCUT2D eigenvalue weighted by molar-refractivity contribution is 5.65. The zero-order chi connectivity index (χ0) is 9.68. The van der Waals surface area contributed by atoms with Gasteiger partial charge in [0.05, 0.1) is 12.8 Å². The molecule has 0 aliphatic rings. The van der Waals surface area contributed by atoms with Gasteiger partial charge in [-0.1, -0.05) is 13.8 Å². The number of nitrogens with zero attached hydrogens (tertiary/aromatic N) is 1. The summed E-state index contributed by atoms with van der Waals surface area (Å²) < 4.78 is 5.04. The Morgan fingerprint density at radius 2 is 1.85 bits per heavy atom. The number of methoxy groups -OCH3 is 1. The average Bonchev–Trinajstić information content (AvgIpc) is 2.15. The second kappa shape index (κ2) is 4.65. The molecule has 2 nitrogen and oxygen atoms in total. The van der Waals surface area contributed by atoms with Crippen molar-refractivity contribution < 1.29 is 4.74 Å². The second-order valence-electron chi connectivity index (χ2n) is 3.22. The minimum absolute atomic E-state index is 0.488. The fourth-order valence-electron chi connectivity index (χ4n) is 0.903. The number of benzene rings is 1. The van der Waals surface area contributed by atoms with Crippen LogP contribution in [-0.2, 0) is 0 Å². The Morgan fingerprint density at radius 1 is 1.23 bits per heavy atom. The summed E-state index contributed by atoms with van der Waals surface area (Å²) in [5.74, 6) is 1.35. The van der Waals surface area contributed by atoms with Crippen molar-refractivity contribution in [1.29, 1.82) is 0 Å². The van der Waals surface area contributed by atoms with Gasteiger partial charge in [-0.05, 0) is 30.2 Å². The number of hydrogen-bond donors (Lipinski definition) is 0. The van der Waals surface area contributed by atoms with Gasteiger partial charge >= 0.3 is 0 Å². The van der Waals surface area contributed by atoms with E-state index in [0.29, 0.717) is 5.92 Å². The van der Waals surface area contributed by atoms with E-state index in [1.165, 1.54) is 0 Å². The largest absolute Gasteiger partial charge is 0.497 e. The molecule has 0 radical (unpaired) electrons. The minimum atomic E-state index is 0.488. The summed E-state index contributed by atoms with van der Waals surface area (Å²) >= 11 is 0. The van der Waals surface area contributed by atoms with Crippen LogP contribution >= 0.6 is 0 Å². The van der Waals surface area contributed by atoms with Crippen LogP contribution in [0.25, 0.3) is 0 Å². The maximum Gasteiger partial charge on any atom is 0.119 e. The SMILES string of the molecule is COc1ccc(/N=C/C(C)C)cc1. The summed E-state index contributed by atoms with van der Waals surface area (Å²) in [5.41, 5.74) is 0.967. The Bertz CT molecular complexity index is 275. The molecule has 0 saturated carbocycles. The number of hydrogen-bond acceptors (Lipinski definition) is 2. The molecule has 1 aromatic rings. The lowest BCUT2D eigenvalue weighted by molar-refractivity contribution is 0.415. The molecule has 0 heterocycles. The van der Waals surface area contributed by atoms with Crippen LogP contribution in [0.15, 0.2) is 29.3 Å². The van der Waals surface area contributed by atoms with Crippen LogP contribution < -0.4 is 4.74 Å². The van der Waals surface area contributed by atoms with Gasteiger partial charge in [0.1, 0.15) is 5.75 Å². The summed E-state index contributed by atoms with van der Waals surface area (Å²) in [6.07, 6.45) is 1.93. The van der Waals surface area contributed by atoms with Gasteiger partial charge in [0, 0.05) is 6.21 Å². The first kappa shape index (κ1) is 9.78. The molecule has 0 atom stereocenters. The summed E-state index contributed by atoms with van der Waals surface area (Å²) in [4.78, 5) is 4.30. The number of aliphatic imine (C=N–C) groups is 1. The lowest BCUT2D eigenvalue weighted by Gasteiger charge is -1.99. The van der Waals surface area contributed by atoms with Crippen molar-refractivity contribution in [3.05, 3.63) is 24.3 Å². The Kier molecular flexibility index (Phi) is 3.50. The maximum absolute atomic E-state index is 5.04. The molecular weight excluding hydrogens is 162 g/mol. The lowest BCUT2D eigenvalue weighted by atomic mass is 10.2. The molecule has 1 rings (SSSR count).